The molecule has 1 atom stereocenters. The Kier molecular flexibility index (Phi) is 4.72. The van der Waals surface area contributed by atoms with Crippen molar-refractivity contribution in [1.29, 1.82) is 0 Å². The summed E-state index contributed by atoms with van der Waals surface area (Å²) < 4.78 is 12.1. The van der Waals surface area contributed by atoms with Gasteiger partial charge in [-0.05, 0) is 52.5 Å². The summed E-state index contributed by atoms with van der Waals surface area (Å²) in [6, 6.07) is 7.24. The van der Waals surface area contributed by atoms with Crippen LogP contribution in [0.25, 0.3) is 10.2 Å². The SMILES string of the molecule is C=S(C)(=O)c1cccc(CNC(=O)c2sc3nnc(C)c(C)c3c2N)c1. The Morgan fingerprint density at radius 3 is 2.77 bits per heavy atom. The highest BCUT2D eigenvalue weighted by Crippen LogP contribution is 2.34. The van der Waals surface area contributed by atoms with Crippen molar-refractivity contribution in [3.63, 3.8) is 0 Å². The molecule has 1 aromatic carbocycles. The van der Waals surface area contributed by atoms with Crippen molar-refractivity contribution in [2.75, 3.05) is 12.0 Å². The number of nitrogen functional groups attached to an aromatic ring is 1. The van der Waals surface area contributed by atoms with E-state index in [0.717, 1.165) is 22.2 Å². The van der Waals surface area contributed by atoms with Gasteiger partial charge >= 0.3 is 0 Å². The molecule has 26 heavy (non-hydrogen) atoms. The van der Waals surface area contributed by atoms with E-state index >= 15 is 0 Å². The first kappa shape index (κ1) is 18.3. The molecule has 0 saturated heterocycles. The number of aromatic nitrogens is 2. The molecule has 0 aliphatic rings. The van der Waals surface area contributed by atoms with Crippen LogP contribution >= 0.6 is 11.3 Å². The minimum Gasteiger partial charge on any atom is -0.397 e. The van der Waals surface area contributed by atoms with Crippen LogP contribution in [0, 0.1) is 13.8 Å². The van der Waals surface area contributed by atoms with E-state index in [1.807, 2.05) is 19.9 Å². The number of carbonyl (C=O) groups is 1. The number of nitrogens with zero attached hydrogens (tertiary/aromatic N) is 2. The molecule has 1 unspecified atom stereocenters. The maximum absolute atomic E-state index is 12.6. The Hall–Kier alpha value is -2.45. The lowest BCUT2D eigenvalue weighted by Gasteiger charge is -2.08. The third-order valence-corrected chi connectivity index (χ3v) is 6.53. The van der Waals surface area contributed by atoms with Crippen LogP contribution in [-0.2, 0) is 16.1 Å². The molecular weight excluding hydrogens is 368 g/mol. The summed E-state index contributed by atoms with van der Waals surface area (Å²) in [6.07, 6.45) is 1.59. The summed E-state index contributed by atoms with van der Waals surface area (Å²) in [5, 5.41) is 11.9. The Balaban J connectivity index is 1.85. The molecule has 1 amide bonds. The second kappa shape index (κ2) is 6.69. The molecule has 2 heterocycles. The molecule has 0 aliphatic heterocycles. The molecule has 8 heteroatoms. The van der Waals surface area contributed by atoms with Crippen molar-refractivity contribution in [1.82, 2.24) is 15.5 Å². The van der Waals surface area contributed by atoms with Gasteiger partial charge in [-0.25, -0.2) is 0 Å². The topological polar surface area (TPSA) is 98.0 Å². The van der Waals surface area contributed by atoms with Gasteiger partial charge in [-0.15, -0.1) is 16.4 Å². The Morgan fingerprint density at radius 2 is 2.08 bits per heavy atom. The maximum atomic E-state index is 12.6. The van der Waals surface area contributed by atoms with Gasteiger partial charge in [0, 0.05) is 23.1 Å². The largest absolute Gasteiger partial charge is 0.397 e. The second-order valence-electron chi connectivity index (χ2n) is 6.27. The molecule has 3 rings (SSSR count). The van der Waals surface area contributed by atoms with E-state index in [9.17, 15) is 9.00 Å². The molecule has 0 spiro atoms. The lowest BCUT2D eigenvalue weighted by Crippen LogP contribution is -2.22. The smallest absolute Gasteiger partial charge is 0.263 e. The van der Waals surface area contributed by atoms with Crippen molar-refractivity contribution in [3.05, 3.63) is 46.0 Å². The third-order valence-electron chi connectivity index (χ3n) is 4.19. The van der Waals surface area contributed by atoms with Gasteiger partial charge < -0.3 is 11.1 Å². The predicted octanol–water partition coefficient (Wildman–Crippen LogP) is 2.53. The Labute approximate surface area is 156 Å². The van der Waals surface area contributed by atoms with E-state index < -0.39 is 9.52 Å². The molecule has 3 aromatic rings. The summed E-state index contributed by atoms with van der Waals surface area (Å²) in [5.41, 5.74) is 9.20. The minimum absolute atomic E-state index is 0.264. The van der Waals surface area contributed by atoms with E-state index in [4.69, 9.17) is 5.73 Å². The highest BCUT2D eigenvalue weighted by atomic mass is 32.2. The van der Waals surface area contributed by atoms with E-state index in [1.165, 1.54) is 11.3 Å². The summed E-state index contributed by atoms with van der Waals surface area (Å²) in [5.74, 6) is 3.42. The molecule has 2 aromatic heterocycles. The fraction of sp³-hybridized carbons (Fsp3) is 0.222. The van der Waals surface area contributed by atoms with Crippen LogP contribution in [-0.4, -0.2) is 32.4 Å². The molecule has 0 radical (unpaired) electrons. The van der Waals surface area contributed by atoms with Gasteiger partial charge in [-0.3, -0.25) is 9.00 Å². The van der Waals surface area contributed by atoms with Crippen molar-refractivity contribution in [2.24, 2.45) is 0 Å². The molecule has 3 N–H and O–H groups in total. The van der Waals surface area contributed by atoms with Crippen LogP contribution in [0.15, 0.2) is 29.2 Å². The van der Waals surface area contributed by atoms with E-state index in [-0.39, 0.29) is 5.91 Å². The zero-order valence-electron chi connectivity index (χ0n) is 14.8. The minimum atomic E-state index is -2.29. The van der Waals surface area contributed by atoms with Crippen LogP contribution < -0.4 is 11.1 Å². The fourth-order valence-corrected chi connectivity index (χ4v) is 4.38. The van der Waals surface area contributed by atoms with Gasteiger partial charge in [0.05, 0.1) is 11.4 Å². The highest BCUT2D eigenvalue weighted by molar-refractivity contribution is 7.99. The quantitative estimate of drug-likeness (QED) is 0.669. The summed E-state index contributed by atoms with van der Waals surface area (Å²) in [6.45, 7) is 4.09. The zero-order valence-corrected chi connectivity index (χ0v) is 16.5. The normalized spacial score (nSPS) is 13.5. The lowest BCUT2D eigenvalue weighted by atomic mass is 10.1. The number of amides is 1. The van der Waals surface area contributed by atoms with Gasteiger partial charge in [0.15, 0.2) is 0 Å². The van der Waals surface area contributed by atoms with Gasteiger partial charge in [0.1, 0.15) is 9.71 Å². The standard InChI is InChI=1S/C18H20N4O2S2/c1-10-11(2)21-22-18-14(10)15(19)16(25-18)17(23)20-9-12-6-5-7-13(8-12)26(3,4)24/h5-8H,3,9,19H2,1-2,4H3,(H,20,23). The summed E-state index contributed by atoms with van der Waals surface area (Å²) in [4.78, 5) is 14.3. The molecule has 0 aliphatic carbocycles. The first-order valence-corrected chi connectivity index (χ1v) is 10.8. The number of thiophene rings is 1. The van der Waals surface area contributed by atoms with Gasteiger partial charge in [-0.1, -0.05) is 12.1 Å². The zero-order chi connectivity index (χ0) is 19.1. The Bertz CT molecular complexity index is 1120. The van der Waals surface area contributed by atoms with Crippen molar-refractivity contribution < 1.29 is 9.00 Å². The number of nitrogens with one attached hydrogen (secondary N) is 1. The molecule has 136 valence electrons. The first-order chi connectivity index (χ1) is 12.2. The van der Waals surface area contributed by atoms with Crippen molar-refractivity contribution in [3.8, 4) is 0 Å². The monoisotopic (exact) mass is 388 g/mol. The Morgan fingerprint density at radius 1 is 1.35 bits per heavy atom. The number of rotatable bonds is 4. The van der Waals surface area contributed by atoms with Crippen LogP contribution in [0.1, 0.15) is 26.5 Å². The molecule has 6 nitrogen and oxygen atoms in total. The number of aryl methyl sites for hydroxylation is 2. The van der Waals surface area contributed by atoms with Crippen LogP contribution in [0.3, 0.4) is 0 Å². The predicted molar refractivity (Wildman–Crippen MR) is 108 cm³/mol. The van der Waals surface area contributed by atoms with Crippen LogP contribution in [0.5, 0.6) is 0 Å². The number of hydrogen-bond donors (Lipinski definition) is 2. The lowest BCUT2D eigenvalue weighted by molar-refractivity contribution is 0.0956. The van der Waals surface area contributed by atoms with E-state index in [0.29, 0.717) is 26.8 Å². The first-order valence-electron chi connectivity index (χ1n) is 7.89. The second-order valence-corrected chi connectivity index (χ2v) is 9.75. The summed E-state index contributed by atoms with van der Waals surface area (Å²) >= 11 is 1.23. The molecule has 0 fully saturated rings. The van der Waals surface area contributed by atoms with Gasteiger partial charge in [-0.2, -0.15) is 5.10 Å². The van der Waals surface area contributed by atoms with Gasteiger partial charge in [0.2, 0.25) is 0 Å². The van der Waals surface area contributed by atoms with Crippen molar-refractivity contribution in [2.45, 2.75) is 25.3 Å². The molecular formula is C18H20N4O2S2. The number of benzene rings is 1. The molecule has 0 saturated carbocycles. The number of hydrogen-bond acceptors (Lipinski definition) is 6. The average Bonchev–Trinajstić information content (AvgIpc) is 2.93. The number of carbonyl (C=O) groups excluding carboxylic acids is 1. The highest BCUT2D eigenvalue weighted by Gasteiger charge is 2.19. The van der Waals surface area contributed by atoms with Gasteiger partial charge in [0.25, 0.3) is 5.91 Å². The summed E-state index contributed by atoms with van der Waals surface area (Å²) in [7, 11) is -2.29. The fourth-order valence-electron chi connectivity index (χ4n) is 2.60. The van der Waals surface area contributed by atoms with Crippen LogP contribution in [0.4, 0.5) is 5.69 Å². The average molecular weight is 389 g/mol. The third kappa shape index (κ3) is 3.42. The van der Waals surface area contributed by atoms with E-state index in [2.05, 4.69) is 21.4 Å². The molecule has 0 bridgehead atoms. The van der Waals surface area contributed by atoms with Crippen LogP contribution in [0.2, 0.25) is 0 Å². The number of anilines is 1. The number of nitrogens with two attached hydrogens (primary N) is 1. The maximum Gasteiger partial charge on any atom is 0.263 e. The van der Waals surface area contributed by atoms with E-state index in [1.54, 1.807) is 24.5 Å². The number of fused-ring (bicyclic) bond motifs is 1. The van der Waals surface area contributed by atoms with Crippen molar-refractivity contribution >= 4 is 48.5 Å².